The maximum Gasteiger partial charge on any atom is 0.0545 e. The van der Waals surface area contributed by atoms with Crippen LogP contribution in [-0.2, 0) is 0 Å². The summed E-state index contributed by atoms with van der Waals surface area (Å²) >= 11 is 0. The molecule has 0 saturated heterocycles. The number of hydrogen-bond acceptors (Lipinski definition) is 0. The maximum absolute atomic E-state index is 3.99. The van der Waals surface area contributed by atoms with Gasteiger partial charge in [0.25, 0.3) is 0 Å². The first-order chi connectivity index (χ1) is 22.6. The molecular formula is C44H34N2. The Kier molecular flexibility index (Phi) is 6.77. The molecule has 0 aliphatic heterocycles. The van der Waals surface area contributed by atoms with E-state index in [0.29, 0.717) is 0 Å². The van der Waals surface area contributed by atoms with Crippen LogP contribution in [0.1, 0.15) is 12.5 Å². The zero-order chi connectivity index (χ0) is 31.2. The topological polar surface area (TPSA) is 20.7 Å². The third-order valence-corrected chi connectivity index (χ3v) is 9.10. The summed E-state index contributed by atoms with van der Waals surface area (Å²) in [5.74, 6) is 0. The molecule has 0 unspecified atom stereocenters. The van der Waals surface area contributed by atoms with Crippen LogP contribution in [0.15, 0.2) is 158 Å². The molecular weight excluding hydrogens is 556 g/mol. The van der Waals surface area contributed by atoms with Crippen molar-refractivity contribution in [3.63, 3.8) is 0 Å². The zero-order valence-electron chi connectivity index (χ0n) is 26.1. The molecule has 0 aliphatic rings. The fourth-order valence-electron chi connectivity index (χ4n) is 7.02. The molecule has 0 bridgehead atoms. The fourth-order valence-corrected chi connectivity index (χ4v) is 7.02. The summed E-state index contributed by atoms with van der Waals surface area (Å²) < 4.78 is 2.34. The Morgan fingerprint density at radius 3 is 1.89 bits per heavy atom. The average molecular weight is 591 g/mol. The quantitative estimate of drug-likeness (QED) is 0.186. The molecule has 0 fully saturated rings. The van der Waals surface area contributed by atoms with Gasteiger partial charge in [0.05, 0.1) is 16.6 Å². The minimum atomic E-state index is 1.09. The number of aromatic amines is 1. The number of rotatable bonds is 6. The SMILES string of the molecule is C=C/C=C(\C=C/C)n1c2ccccc2c2cc(-c3cc(-c4ccccc4)cc4c3[nH]c3c(C)cc(-c5ccccc5)cc34)ccc21. The lowest BCUT2D eigenvalue weighted by Crippen LogP contribution is -1.94. The fraction of sp³-hybridized carbons (Fsp3) is 0.0455. The smallest absolute Gasteiger partial charge is 0.0545 e. The van der Waals surface area contributed by atoms with Crippen molar-refractivity contribution in [2.45, 2.75) is 13.8 Å². The van der Waals surface area contributed by atoms with Crippen LogP contribution in [0.3, 0.4) is 0 Å². The van der Waals surface area contributed by atoms with Crippen LogP contribution in [0, 0.1) is 6.92 Å². The number of nitrogens with zero attached hydrogens (tertiary/aromatic N) is 1. The summed E-state index contributed by atoms with van der Waals surface area (Å²) in [6, 6.07) is 46.3. The Bertz CT molecular complexity index is 2490. The first-order valence-electron chi connectivity index (χ1n) is 15.8. The van der Waals surface area contributed by atoms with Crippen LogP contribution in [0.5, 0.6) is 0 Å². The standard InChI is InChI=1S/C44H34N2/c1-4-14-35(15-5-2)46-41-21-13-12-20-36(41)38-25-32(22-23-42(38)46)37-26-34(31-18-10-7-11-19-31)28-40-39-27-33(30-16-8-6-9-17-30)24-29(3)43(39)45-44(37)40/h4-28,45H,1H2,2-3H3/b15-5-,35-14+. The zero-order valence-corrected chi connectivity index (χ0v) is 26.1. The number of nitrogens with one attached hydrogen (secondary N) is 1. The molecule has 46 heavy (non-hydrogen) atoms. The highest BCUT2D eigenvalue weighted by molar-refractivity contribution is 6.17. The van der Waals surface area contributed by atoms with Crippen molar-refractivity contribution in [2.24, 2.45) is 0 Å². The number of aryl methyl sites for hydroxylation is 1. The molecule has 0 amide bonds. The highest BCUT2D eigenvalue weighted by Crippen LogP contribution is 2.42. The molecule has 2 nitrogen and oxygen atoms in total. The summed E-state index contributed by atoms with van der Waals surface area (Å²) in [7, 11) is 0. The first kappa shape index (κ1) is 27.7. The number of allylic oxidation sites excluding steroid dienone is 5. The molecule has 0 aliphatic carbocycles. The Balaban J connectivity index is 1.43. The average Bonchev–Trinajstić information content (AvgIpc) is 3.64. The van der Waals surface area contributed by atoms with Crippen LogP contribution in [0.2, 0.25) is 0 Å². The molecule has 8 aromatic rings. The van der Waals surface area contributed by atoms with Gasteiger partial charge in [-0.15, -0.1) is 0 Å². The number of benzene rings is 6. The van der Waals surface area contributed by atoms with Crippen LogP contribution < -0.4 is 0 Å². The summed E-state index contributed by atoms with van der Waals surface area (Å²) in [5, 5.41) is 4.94. The molecule has 2 aromatic heterocycles. The van der Waals surface area contributed by atoms with Crippen molar-refractivity contribution in [3.05, 3.63) is 164 Å². The van der Waals surface area contributed by atoms with Crippen LogP contribution in [-0.4, -0.2) is 9.55 Å². The van der Waals surface area contributed by atoms with E-state index in [1.165, 1.54) is 77.0 Å². The van der Waals surface area contributed by atoms with E-state index in [1.54, 1.807) is 0 Å². The van der Waals surface area contributed by atoms with E-state index in [0.717, 1.165) is 11.2 Å². The monoisotopic (exact) mass is 590 g/mol. The first-order valence-corrected chi connectivity index (χ1v) is 15.8. The van der Waals surface area contributed by atoms with Crippen molar-refractivity contribution in [2.75, 3.05) is 0 Å². The Hall–Kier alpha value is -5.86. The van der Waals surface area contributed by atoms with Gasteiger partial charge in [0.15, 0.2) is 0 Å². The molecule has 8 rings (SSSR count). The van der Waals surface area contributed by atoms with Gasteiger partial charge in [-0.2, -0.15) is 0 Å². The Morgan fingerprint density at radius 2 is 1.20 bits per heavy atom. The summed E-state index contributed by atoms with van der Waals surface area (Å²) in [5.41, 5.74) is 14.3. The normalized spacial score (nSPS) is 12.3. The number of para-hydroxylation sites is 1. The van der Waals surface area contributed by atoms with Gasteiger partial charge in [0.1, 0.15) is 0 Å². The highest BCUT2D eigenvalue weighted by atomic mass is 15.0. The van der Waals surface area contributed by atoms with Crippen molar-refractivity contribution < 1.29 is 0 Å². The lowest BCUT2D eigenvalue weighted by atomic mass is 9.94. The lowest BCUT2D eigenvalue weighted by Gasteiger charge is -2.11. The minimum Gasteiger partial charge on any atom is -0.354 e. The van der Waals surface area contributed by atoms with E-state index in [2.05, 4.69) is 176 Å². The van der Waals surface area contributed by atoms with E-state index in [9.17, 15) is 0 Å². The number of hydrogen-bond donors (Lipinski definition) is 1. The largest absolute Gasteiger partial charge is 0.354 e. The third-order valence-electron chi connectivity index (χ3n) is 9.10. The van der Waals surface area contributed by atoms with Crippen LogP contribution in [0.25, 0.3) is 82.7 Å². The second kappa shape index (κ2) is 11.3. The van der Waals surface area contributed by atoms with E-state index in [4.69, 9.17) is 0 Å². The van der Waals surface area contributed by atoms with Gasteiger partial charge in [-0.05, 0) is 102 Å². The summed E-state index contributed by atoms with van der Waals surface area (Å²) in [6.07, 6.45) is 8.16. The van der Waals surface area contributed by atoms with Gasteiger partial charge in [-0.1, -0.05) is 104 Å². The summed E-state index contributed by atoms with van der Waals surface area (Å²) in [4.78, 5) is 3.88. The van der Waals surface area contributed by atoms with Gasteiger partial charge < -0.3 is 9.55 Å². The molecule has 220 valence electrons. The van der Waals surface area contributed by atoms with Gasteiger partial charge in [-0.25, -0.2) is 0 Å². The molecule has 0 spiro atoms. The van der Waals surface area contributed by atoms with Crippen molar-refractivity contribution >= 4 is 49.3 Å². The number of H-pyrrole nitrogens is 1. The second-order valence-corrected chi connectivity index (χ2v) is 11.9. The molecule has 0 saturated carbocycles. The molecule has 2 heteroatoms. The Labute approximate surface area is 269 Å². The van der Waals surface area contributed by atoms with Gasteiger partial charge in [0.2, 0.25) is 0 Å². The van der Waals surface area contributed by atoms with Crippen molar-refractivity contribution in [1.82, 2.24) is 9.55 Å². The highest BCUT2D eigenvalue weighted by Gasteiger charge is 2.18. The summed E-state index contributed by atoms with van der Waals surface area (Å²) in [6.45, 7) is 8.25. The molecule has 0 radical (unpaired) electrons. The van der Waals surface area contributed by atoms with E-state index < -0.39 is 0 Å². The van der Waals surface area contributed by atoms with Gasteiger partial charge >= 0.3 is 0 Å². The van der Waals surface area contributed by atoms with E-state index >= 15 is 0 Å². The second-order valence-electron chi connectivity index (χ2n) is 11.9. The van der Waals surface area contributed by atoms with Crippen LogP contribution in [0.4, 0.5) is 0 Å². The predicted octanol–water partition coefficient (Wildman–Crippen LogP) is 12.3. The van der Waals surface area contributed by atoms with E-state index in [1.807, 2.05) is 6.08 Å². The number of aromatic nitrogens is 2. The molecule has 0 atom stereocenters. The lowest BCUT2D eigenvalue weighted by molar-refractivity contribution is 1.24. The van der Waals surface area contributed by atoms with Gasteiger partial charge in [0, 0.05) is 38.3 Å². The van der Waals surface area contributed by atoms with Crippen molar-refractivity contribution in [1.29, 1.82) is 0 Å². The molecule has 1 N–H and O–H groups in total. The van der Waals surface area contributed by atoms with Gasteiger partial charge in [-0.3, -0.25) is 0 Å². The molecule has 2 heterocycles. The number of fused-ring (bicyclic) bond motifs is 6. The van der Waals surface area contributed by atoms with Crippen molar-refractivity contribution in [3.8, 4) is 33.4 Å². The Morgan fingerprint density at radius 1 is 0.587 bits per heavy atom. The maximum atomic E-state index is 3.99. The molecule has 6 aromatic carbocycles. The minimum absolute atomic E-state index is 1.09. The predicted molar refractivity (Wildman–Crippen MR) is 199 cm³/mol. The third kappa shape index (κ3) is 4.50. The van der Waals surface area contributed by atoms with E-state index in [-0.39, 0.29) is 0 Å². The van der Waals surface area contributed by atoms with Crippen LogP contribution >= 0.6 is 0 Å².